The van der Waals surface area contributed by atoms with E-state index in [1.165, 1.54) is 55.7 Å². The van der Waals surface area contributed by atoms with Crippen LogP contribution in [0.3, 0.4) is 0 Å². The van der Waals surface area contributed by atoms with Gasteiger partial charge >= 0.3 is 160 Å². The van der Waals surface area contributed by atoms with Crippen LogP contribution in [0.25, 0.3) is 0 Å². The molecule has 25 heavy (non-hydrogen) atoms. The van der Waals surface area contributed by atoms with Gasteiger partial charge in [0.25, 0.3) is 0 Å². The third kappa shape index (κ3) is 6.68. The van der Waals surface area contributed by atoms with Gasteiger partial charge < -0.3 is 0 Å². The molecule has 0 unspecified atom stereocenters. The Balaban J connectivity index is 3.33. The molecule has 0 N–H and O–H groups in total. The molecule has 0 aromatic carbocycles. The van der Waals surface area contributed by atoms with Crippen molar-refractivity contribution in [1.29, 1.82) is 0 Å². The molecular weight excluding hydrogens is 415 g/mol. The van der Waals surface area contributed by atoms with E-state index in [2.05, 4.69) is 44.5 Å². The topological polar surface area (TPSA) is 41.9 Å². The summed E-state index contributed by atoms with van der Waals surface area (Å²) in [6.45, 7) is 15.3. The number of nitrogens with zero attached hydrogens (tertiary/aromatic N) is 4. The first-order valence-electron chi connectivity index (χ1n) is 10.5. The minimum absolute atomic E-state index is 0.914. The van der Waals surface area contributed by atoms with Crippen LogP contribution in [0.4, 0.5) is 5.95 Å². The standard InChI is InChI=1S/C8H13N4.3C4H9.Sn/c1-4-12(5-2)8-10-6-9-7(3)11-8;3*1-3-4-2;/h4-5H2,1-3H3;3*1,3-4H2,2H3;. The van der Waals surface area contributed by atoms with Crippen molar-refractivity contribution in [1.82, 2.24) is 15.0 Å². The normalized spacial score (nSPS) is 11.8. The van der Waals surface area contributed by atoms with E-state index in [4.69, 9.17) is 9.97 Å². The Labute approximate surface area is 160 Å². The molecule has 0 aliphatic heterocycles. The molecule has 4 nitrogen and oxygen atoms in total. The van der Waals surface area contributed by atoms with Crippen molar-refractivity contribution >= 4 is 28.2 Å². The summed E-state index contributed by atoms with van der Waals surface area (Å²) >= 11 is -2.57. The fourth-order valence-electron chi connectivity index (χ4n) is 3.61. The first kappa shape index (κ1) is 22.6. The summed E-state index contributed by atoms with van der Waals surface area (Å²) in [5.74, 6) is 1.83. The van der Waals surface area contributed by atoms with Crippen molar-refractivity contribution < 1.29 is 0 Å². The van der Waals surface area contributed by atoms with Crippen LogP contribution < -0.4 is 8.74 Å². The summed E-state index contributed by atoms with van der Waals surface area (Å²) < 4.78 is 5.49. The number of hydrogen-bond donors (Lipinski definition) is 0. The maximum absolute atomic E-state index is 5.10. The first-order chi connectivity index (χ1) is 12.1. The second kappa shape index (κ2) is 12.1. The number of hydrogen-bond acceptors (Lipinski definition) is 4. The van der Waals surface area contributed by atoms with Gasteiger partial charge in [0.2, 0.25) is 0 Å². The van der Waals surface area contributed by atoms with Crippen molar-refractivity contribution in [3.63, 3.8) is 0 Å². The van der Waals surface area contributed by atoms with Gasteiger partial charge in [-0.2, -0.15) is 0 Å². The van der Waals surface area contributed by atoms with E-state index < -0.39 is 18.4 Å². The second-order valence-electron chi connectivity index (χ2n) is 7.27. The van der Waals surface area contributed by atoms with Gasteiger partial charge in [-0.25, -0.2) is 0 Å². The zero-order valence-corrected chi connectivity index (χ0v) is 20.4. The first-order valence-corrected chi connectivity index (χ1v) is 18.0. The average Bonchev–Trinajstić information content (AvgIpc) is 2.62. The molecule has 0 saturated carbocycles. The molecule has 0 spiro atoms. The third-order valence-corrected chi connectivity index (χ3v) is 19.9. The third-order valence-electron chi connectivity index (χ3n) is 5.28. The molecular formula is C20H40N4Sn. The molecule has 0 bridgehead atoms. The quantitative estimate of drug-likeness (QED) is 0.389. The van der Waals surface area contributed by atoms with Crippen molar-refractivity contribution in [3.05, 3.63) is 5.82 Å². The zero-order valence-electron chi connectivity index (χ0n) is 17.6. The van der Waals surface area contributed by atoms with E-state index in [9.17, 15) is 0 Å². The van der Waals surface area contributed by atoms with Crippen LogP contribution in [0, 0.1) is 6.92 Å². The van der Waals surface area contributed by atoms with E-state index >= 15 is 0 Å². The predicted molar refractivity (Wildman–Crippen MR) is 113 cm³/mol. The average molecular weight is 455 g/mol. The molecule has 0 fully saturated rings. The summed E-state index contributed by atoms with van der Waals surface area (Å²) in [6, 6.07) is 0. The summed E-state index contributed by atoms with van der Waals surface area (Å²) in [7, 11) is 0. The van der Waals surface area contributed by atoms with Crippen LogP contribution in [-0.4, -0.2) is 46.4 Å². The number of rotatable bonds is 13. The van der Waals surface area contributed by atoms with Gasteiger partial charge in [0.1, 0.15) is 0 Å². The van der Waals surface area contributed by atoms with Crippen molar-refractivity contribution in [2.75, 3.05) is 18.0 Å². The van der Waals surface area contributed by atoms with E-state index in [0.29, 0.717) is 0 Å². The number of aryl methyl sites for hydroxylation is 1. The van der Waals surface area contributed by atoms with Crippen molar-refractivity contribution in [3.8, 4) is 0 Å². The molecule has 0 aliphatic carbocycles. The number of unbranched alkanes of at least 4 members (excludes halogenated alkanes) is 3. The number of aromatic nitrogens is 3. The Morgan fingerprint density at radius 1 is 0.720 bits per heavy atom. The van der Waals surface area contributed by atoms with E-state index in [-0.39, 0.29) is 0 Å². The Bertz CT molecular complexity index is 467. The van der Waals surface area contributed by atoms with Crippen LogP contribution in [0.1, 0.15) is 79.0 Å². The SMILES string of the molecule is CCC[CH2][Sn]([CH2]CCC)([CH2]CCC)[c]1nc(C)nc(N(CC)CC)n1. The van der Waals surface area contributed by atoms with Crippen LogP contribution >= 0.6 is 0 Å². The molecule has 0 amide bonds. The van der Waals surface area contributed by atoms with Gasteiger partial charge in [0.15, 0.2) is 0 Å². The monoisotopic (exact) mass is 456 g/mol. The van der Waals surface area contributed by atoms with E-state index in [1.807, 2.05) is 6.92 Å². The molecule has 5 heteroatoms. The summed E-state index contributed by atoms with van der Waals surface area (Å²) in [5, 5.41) is 0. The summed E-state index contributed by atoms with van der Waals surface area (Å²) in [5.41, 5.74) is 0. The molecule has 1 aromatic heterocycles. The van der Waals surface area contributed by atoms with Crippen LogP contribution in [0.5, 0.6) is 0 Å². The van der Waals surface area contributed by atoms with Crippen LogP contribution in [0.2, 0.25) is 13.3 Å². The molecule has 0 atom stereocenters. The predicted octanol–water partition coefficient (Wildman–Crippen LogP) is 5.08. The van der Waals surface area contributed by atoms with Gasteiger partial charge in [-0.05, 0) is 0 Å². The van der Waals surface area contributed by atoms with Crippen molar-refractivity contribution in [2.24, 2.45) is 0 Å². The summed E-state index contributed by atoms with van der Waals surface area (Å²) in [6.07, 6.45) is 7.87. The second-order valence-corrected chi connectivity index (χ2v) is 20.1. The number of anilines is 1. The fourth-order valence-corrected chi connectivity index (χ4v) is 18.6. The van der Waals surface area contributed by atoms with Gasteiger partial charge in [-0.15, -0.1) is 0 Å². The van der Waals surface area contributed by atoms with Crippen LogP contribution in [-0.2, 0) is 0 Å². The molecule has 1 heterocycles. The molecule has 0 radical (unpaired) electrons. The van der Waals surface area contributed by atoms with E-state index in [0.717, 1.165) is 24.9 Å². The van der Waals surface area contributed by atoms with Crippen molar-refractivity contribution in [2.45, 2.75) is 93.4 Å². The maximum atomic E-state index is 5.10. The minimum atomic E-state index is -2.57. The molecule has 144 valence electrons. The Morgan fingerprint density at radius 2 is 1.20 bits per heavy atom. The molecule has 0 aliphatic rings. The zero-order chi connectivity index (χ0) is 18.7. The Hall–Kier alpha value is -0.391. The van der Waals surface area contributed by atoms with Gasteiger partial charge in [0, 0.05) is 0 Å². The Kier molecular flexibility index (Phi) is 10.9. The molecule has 1 aromatic rings. The van der Waals surface area contributed by atoms with Crippen LogP contribution in [0.15, 0.2) is 0 Å². The Morgan fingerprint density at radius 3 is 1.60 bits per heavy atom. The van der Waals surface area contributed by atoms with Gasteiger partial charge in [0.05, 0.1) is 0 Å². The molecule has 1 rings (SSSR count). The fraction of sp³-hybridized carbons (Fsp3) is 0.850. The van der Waals surface area contributed by atoms with Gasteiger partial charge in [-0.1, -0.05) is 0 Å². The molecule has 0 saturated heterocycles. The van der Waals surface area contributed by atoms with Gasteiger partial charge in [-0.3, -0.25) is 0 Å². The van der Waals surface area contributed by atoms with E-state index in [1.54, 1.807) is 0 Å². The summed E-state index contributed by atoms with van der Waals surface area (Å²) in [4.78, 5) is 17.0.